The average Bonchev–Trinajstić information content (AvgIpc) is 3.02. The summed E-state index contributed by atoms with van der Waals surface area (Å²) < 4.78 is 5.78. The largest absolute Gasteiger partial charge is 0.489 e. The molecule has 1 fully saturated rings. The van der Waals surface area contributed by atoms with Crippen LogP contribution in [0.5, 0.6) is 5.75 Å². The molecule has 0 saturated carbocycles. The standard InChI is InChI=1S/C24H18ClNO3S/c25-20-10-6-19(7-11-20)16-29-21-12-8-17(9-13-21)14-22-23(27)26(24(28)30-22)15-18-4-2-1-3-5-18/h1-14H,15-16H2/b22-14+. The van der Waals surface area contributed by atoms with Crippen LogP contribution in [-0.4, -0.2) is 16.0 Å². The van der Waals surface area contributed by atoms with Crippen LogP contribution in [-0.2, 0) is 17.9 Å². The predicted octanol–water partition coefficient (Wildman–Crippen LogP) is 6.16. The van der Waals surface area contributed by atoms with Crippen LogP contribution >= 0.6 is 23.4 Å². The SMILES string of the molecule is O=C1S/C(=C/c2ccc(OCc3ccc(Cl)cc3)cc2)C(=O)N1Cc1ccccc1. The maximum Gasteiger partial charge on any atom is 0.293 e. The fourth-order valence-corrected chi connectivity index (χ4v) is 3.93. The van der Waals surface area contributed by atoms with Gasteiger partial charge in [0, 0.05) is 5.02 Å². The van der Waals surface area contributed by atoms with E-state index in [1.54, 1.807) is 6.08 Å². The van der Waals surface area contributed by atoms with Crippen molar-refractivity contribution in [1.29, 1.82) is 0 Å². The number of ether oxygens (including phenoxy) is 1. The van der Waals surface area contributed by atoms with E-state index >= 15 is 0 Å². The second-order valence-corrected chi connectivity index (χ2v) is 8.17. The van der Waals surface area contributed by atoms with Crippen molar-refractivity contribution in [2.24, 2.45) is 0 Å². The number of benzene rings is 3. The van der Waals surface area contributed by atoms with Crippen molar-refractivity contribution in [3.63, 3.8) is 0 Å². The van der Waals surface area contributed by atoms with Gasteiger partial charge in [0.15, 0.2) is 0 Å². The van der Waals surface area contributed by atoms with Gasteiger partial charge >= 0.3 is 0 Å². The van der Waals surface area contributed by atoms with E-state index in [0.29, 0.717) is 16.5 Å². The van der Waals surface area contributed by atoms with Gasteiger partial charge in [-0.2, -0.15) is 0 Å². The molecule has 0 atom stereocenters. The minimum Gasteiger partial charge on any atom is -0.489 e. The van der Waals surface area contributed by atoms with Gasteiger partial charge in [0.05, 0.1) is 11.4 Å². The van der Waals surface area contributed by atoms with E-state index in [1.807, 2.05) is 78.9 Å². The highest BCUT2D eigenvalue weighted by atomic mass is 35.5. The second kappa shape index (κ2) is 9.20. The number of amides is 2. The number of rotatable bonds is 6. The molecule has 0 aromatic heterocycles. The summed E-state index contributed by atoms with van der Waals surface area (Å²) in [5.41, 5.74) is 2.78. The summed E-state index contributed by atoms with van der Waals surface area (Å²) in [6, 6.07) is 24.4. The molecule has 0 radical (unpaired) electrons. The maximum atomic E-state index is 12.7. The highest BCUT2D eigenvalue weighted by molar-refractivity contribution is 8.18. The molecular weight excluding hydrogens is 418 g/mol. The zero-order chi connectivity index (χ0) is 20.9. The molecule has 0 unspecified atom stereocenters. The van der Waals surface area contributed by atoms with Crippen molar-refractivity contribution >= 4 is 40.6 Å². The van der Waals surface area contributed by atoms with E-state index in [9.17, 15) is 9.59 Å². The molecule has 1 heterocycles. The number of thioether (sulfide) groups is 1. The fraction of sp³-hybridized carbons (Fsp3) is 0.0833. The molecule has 30 heavy (non-hydrogen) atoms. The molecule has 0 bridgehead atoms. The number of carbonyl (C=O) groups excluding carboxylic acids is 2. The molecular formula is C24H18ClNO3S. The van der Waals surface area contributed by atoms with E-state index < -0.39 is 0 Å². The number of imide groups is 1. The molecule has 1 aliphatic rings. The third kappa shape index (κ3) is 4.93. The number of hydrogen-bond donors (Lipinski definition) is 0. The van der Waals surface area contributed by atoms with Crippen LogP contribution in [0.3, 0.4) is 0 Å². The summed E-state index contributed by atoms with van der Waals surface area (Å²) in [6.07, 6.45) is 1.73. The third-order valence-electron chi connectivity index (χ3n) is 4.55. The van der Waals surface area contributed by atoms with E-state index in [1.165, 1.54) is 4.90 Å². The molecule has 0 spiro atoms. The van der Waals surface area contributed by atoms with Crippen LogP contribution in [0.2, 0.25) is 5.02 Å². The molecule has 150 valence electrons. The normalized spacial score (nSPS) is 15.1. The Labute approximate surface area is 184 Å². The van der Waals surface area contributed by atoms with Gasteiger partial charge in [-0.3, -0.25) is 14.5 Å². The summed E-state index contributed by atoms with van der Waals surface area (Å²) in [5.74, 6) is 0.455. The summed E-state index contributed by atoms with van der Waals surface area (Å²) in [7, 11) is 0. The Hall–Kier alpha value is -3.02. The smallest absolute Gasteiger partial charge is 0.293 e. The lowest BCUT2D eigenvalue weighted by Gasteiger charge is -2.12. The molecule has 3 aromatic carbocycles. The van der Waals surface area contributed by atoms with Crippen molar-refractivity contribution in [3.8, 4) is 5.75 Å². The van der Waals surface area contributed by atoms with Gasteiger partial charge in [0.25, 0.3) is 11.1 Å². The quantitative estimate of drug-likeness (QED) is 0.435. The van der Waals surface area contributed by atoms with E-state index in [4.69, 9.17) is 16.3 Å². The topological polar surface area (TPSA) is 46.6 Å². The molecule has 1 aliphatic heterocycles. The van der Waals surface area contributed by atoms with Gasteiger partial charge in [0.2, 0.25) is 0 Å². The highest BCUT2D eigenvalue weighted by Crippen LogP contribution is 2.33. The van der Waals surface area contributed by atoms with E-state index in [-0.39, 0.29) is 17.7 Å². The minimum atomic E-state index is -0.267. The average molecular weight is 436 g/mol. The molecule has 2 amide bonds. The minimum absolute atomic E-state index is 0.252. The van der Waals surface area contributed by atoms with Crippen molar-refractivity contribution in [3.05, 3.63) is 105 Å². The first-order valence-corrected chi connectivity index (χ1v) is 10.5. The Morgan fingerprint density at radius 3 is 2.27 bits per heavy atom. The summed E-state index contributed by atoms with van der Waals surface area (Å²) in [6.45, 7) is 0.717. The van der Waals surface area contributed by atoms with Gasteiger partial charge in [-0.1, -0.05) is 66.2 Å². The van der Waals surface area contributed by atoms with Gasteiger partial charge < -0.3 is 4.74 Å². The number of halogens is 1. The lowest BCUT2D eigenvalue weighted by Crippen LogP contribution is -2.27. The van der Waals surface area contributed by atoms with Crippen LogP contribution in [0.1, 0.15) is 16.7 Å². The Kier molecular flexibility index (Phi) is 6.21. The fourth-order valence-electron chi connectivity index (χ4n) is 2.96. The first-order chi connectivity index (χ1) is 14.6. The Morgan fingerprint density at radius 1 is 0.867 bits per heavy atom. The number of hydrogen-bond acceptors (Lipinski definition) is 4. The Balaban J connectivity index is 1.40. The molecule has 6 heteroatoms. The zero-order valence-corrected chi connectivity index (χ0v) is 17.5. The molecule has 4 rings (SSSR count). The van der Waals surface area contributed by atoms with Crippen molar-refractivity contribution in [2.45, 2.75) is 13.2 Å². The zero-order valence-electron chi connectivity index (χ0n) is 16.0. The maximum absolute atomic E-state index is 12.7. The highest BCUT2D eigenvalue weighted by Gasteiger charge is 2.34. The van der Waals surface area contributed by atoms with Crippen molar-refractivity contribution in [1.82, 2.24) is 4.90 Å². The molecule has 0 aliphatic carbocycles. The summed E-state index contributed by atoms with van der Waals surface area (Å²) in [5, 5.41) is 0.439. The Morgan fingerprint density at radius 2 is 1.57 bits per heavy atom. The van der Waals surface area contributed by atoms with Gasteiger partial charge in [-0.25, -0.2) is 0 Å². The lowest BCUT2D eigenvalue weighted by molar-refractivity contribution is -0.123. The van der Waals surface area contributed by atoms with Gasteiger partial charge in [0.1, 0.15) is 12.4 Å². The van der Waals surface area contributed by atoms with Crippen molar-refractivity contribution < 1.29 is 14.3 Å². The van der Waals surface area contributed by atoms with Crippen LogP contribution in [0.15, 0.2) is 83.8 Å². The van der Waals surface area contributed by atoms with E-state index in [2.05, 4.69) is 0 Å². The van der Waals surface area contributed by atoms with Crippen LogP contribution in [0, 0.1) is 0 Å². The van der Waals surface area contributed by atoms with Crippen LogP contribution < -0.4 is 4.74 Å². The summed E-state index contributed by atoms with van der Waals surface area (Å²) in [4.78, 5) is 26.6. The van der Waals surface area contributed by atoms with Crippen LogP contribution in [0.4, 0.5) is 4.79 Å². The lowest BCUT2D eigenvalue weighted by atomic mass is 10.2. The molecule has 4 nitrogen and oxygen atoms in total. The molecule has 3 aromatic rings. The Bertz CT molecular complexity index is 1080. The second-order valence-electron chi connectivity index (χ2n) is 6.74. The molecule has 0 N–H and O–H groups in total. The van der Waals surface area contributed by atoms with Gasteiger partial charge in [-0.05, 0) is 58.8 Å². The van der Waals surface area contributed by atoms with Crippen molar-refractivity contribution in [2.75, 3.05) is 0 Å². The van der Waals surface area contributed by atoms with Crippen LogP contribution in [0.25, 0.3) is 6.08 Å². The third-order valence-corrected chi connectivity index (χ3v) is 5.71. The monoisotopic (exact) mass is 435 g/mol. The number of carbonyl (C=O) groups is 2. The van der Waals surface area contributed by atoms with Gasteiger partial charge in [-0.15, -0.1) is 0 Å². The number of nitrogens with zero attached hydrogens (tertiary/aromatic N) is 1. The first kappa shape index (κ1) is 20.3. The van der Waals surface area contributed by atoms with E-state index in [0.717, 1.165) is 34.2 Å². The first-order valence-electron chi connectivity index (χ1n) is 9.35. The predicted molar refractivity (Wildman–Crippen MR) is 120 cm³/mol. The molecule has 1 saturated heterocycles. The summed E-state index contributed by atoms with van der Waals surface area (Å²) >= 11 is 6.85.